The SMILES string of the molecule is CC(C)(C)OC(=O)NC1CCN(c2nc3ccccc3nc2NC2CC2)CC1. The maximum Gasteiger partial charge on any atom is 0.407 e. The number of amides is 1. The van der Waals surface area contributed by atoms with E-state index in [1.807, 2.05) is 45.0 Å². The zero-order chi connectivity index (χ0) is 19.7. The van der Waals surface area contributed by atoms with Gasteiger partial charge in [0.1, 0.15) is 5.60 Å². The Hall–Kier alpha value is -2.57. The van der Waals surface area contributed by atoms with E-state index in [9.17, 15) is 4.79 Å². The average molecular weight is 383 g/mol. The Bertz CT molecular complexity index is 851. The first-order chi connectivity index (χ1) is 13.4. The second kappa shape index (κ2) is 7.45. The summed E-state index contributed by atoms with van der Waals surface area (Å²) in [5, 5.41) is 6.53. The molecule has 7 heteroatoms. The van der Waals surface area contributed by atoms with Crippen LogP contribution in [0.3, 0.4) is 0 Å². The first kappa shape index (κ1) is 18.8. The highest BCUT2D eigenvalue weighted by Gasteiger charge is 2.28. The number of ether oxygens (including phenoxy) is 1. The minimum absolute atomic E-state index is 0.124. The van der Waals surface area contributed by atoms with Crippen LogP contribution in [0.15, 0.2) is 24.3 Å². The van der Waals surface area contributed by atoms with Crippen LogP contribution in [-0.4, -0.2) is 46.8 Å². The molecular weight excluding hydrogens is 354 g/mol. The lowest BCUT2D eigenvalue weighted by atomic mass is 10.1. The molecule has 1 aliphatic heterocycles. The van der Waals surface area contributed by atoms with Crippen LogP contribution in [0.2, 0.25) is 0 Å². The molecule has 1 saturated heterocycles. The van der Waals surface area contributed by atoms with Gasteiger partial charge in [0.15, 0.2) is 11.6 Å². The second-order valence-electron chi connectivity index (χ2n) is 8.71. The van der Waals surface area contributed by atoms with Crippen LogP contribution in [0, 0.1) is 0 Å². The van der Waals surface area contributed by atoms with Gasteiger partial charge in [0, 0.05) is 25.2 Å². The summed E-state index contributed by atoms with van der Waals surface area (Å²) < 4.78 is 5.37. The third-order valence-corrected chi connectivity index (χ3v) is 4.99. The predicted molar refractivity (Wildman–Crippen MR) is 111 cm³/mol. The zero-order valence-electron chi connectivity index (χ0n) is 16.9. The lowest BCUT2D eigenvalue weighted by Gasteiger charge is -2.34. The van der Waals surface area contributed by atoms with Gasteiger partial charge in [-0.1, -0.05) is 12.1 Å². The Morgan fingerprint density at radius 1 is 1.04 bits per heavy atom. The third-order valence-electron chi connectivity index (χ3n) is 4.99. The zero-order valence-corrected chi connectivity index (χ0v) is 16.9. The van der Waals surface area contributed by atoms with Gasteiger partial charge in [0.2, 0.25) is 0 Å². The highest BCUT2D eigenvalue weighted by molar-refractivity contribution is 5.80. The van der Waals surface area contributed by atoms with E-state index in [0.29, 0.717) is 6.04 Å². The topological polar surface area (TPSA) is 79.4 Å². The summed E-state index contributed by atoms with van der Waals surface area (Å²) in [5.74, 6) is 1.79. The number of carbonyl (C=O) groups is 1. The fourth-order valence-corrected chi connectivity index (χ4v) is 3.44. The summed E-state index contributed by atoms with van der Waals surface area (Å²) in [7, 11) is 0. The van der Waals surface area contributed by atoms with Gasteiger partial charge < -0.3 is 20.3 Å². The minimum Gasteiger partial charge on any atom is -0.444 e. The van der Waals surface area contributed by atoms with Gasteiger partial charge in [-0.15, -0.1) is 0 Å². The summed E-state index contributed by atoms with van der Waals surface area (Å²) in [6, 6.07) is 8.63. The normalized spacial score (nSPS) is 18.2. The summed E-state index contributed by atoms with van der Waals surface area (Å²) in [4.78, 5) is 24.0. The van der Waals surface area contributed by atoms with Crippen molar-refractivity contribution in [1.29, 1.82) is 0 Å². The number of fused-ring (bicyclic) bond motifs is 1. The van der Waals surface area contributed by atoms with Gasteiger partial charge in [-0.3, -0.25) is 0 Å². The Labute approximate surface area is 165 Å². The van der Waals surface area contributed by atoms with Crippen LogP contribution in [0.25, 0.3) is 11.0 Å². The fraction of sp³-hybridized carbons (Fsp3) is 0.571. The van der Waals surface area contributed by atoms with Gasteiger partial charge in [-0.05, 0) is 58.6 Å². The van der Waals surface area contributed by atoms with Crippen molar-refractivity contribution in [2.45, 2.75) is 64.1 Å². The molecule has 0 spiro atoms. The molecule has 1 aromatic heterocycles. The summed E-state index contributed by atoms with van der Waals surface area (Å²) in [5.41, 5.74) is 1.35. The summed E-state index contributed by atoms with van der Waals surface area (Å²) >= 11 is 0. The third kappa shape index (κ3) is 4.64. The van der Waals surface area contributed by atoms with Crippen LogP contribution < -0.4 is 15.5 Å². The van der Waals surface area contributed by atoms with E-state index < -0.39 is 5.60 Å². The molecule has 2 aromatic rings. The molecule has 1 aliphatic carbocycles. The van der Waals surface area contributed by atoms with E-state index >= 15 is 0 Å². The van der Waals surface area contributed by atoms with E-state index in [0.717, 1.165) is 48.6 Å². The van der Waals surface area contributed by atoms with E-state index in [4.69, 9.17) is 14.7 Å². The maximum atomic E-state index is 12.0. The molecular formula is C21H29N5O2. The molecule has 1 aromatic carbocycles. The van der Waals surface area contributed by atoms with Crippen molar-refractivity contribution < 1.29 is 9.53 Å². The quantitative estimate of drug-likeness (QED) is 0.838. The van der Waals surface area contributed by atoms with Crippen LogP contribution in [0.5, 0.6) is 0 Å². The van der Waals surface area contributed by atoms with Crippen molar-refractivity contribution in [3.63, 3.8) is 0 Å². The number of carbonyl (C=O) groups excluding carboxylic acids is 1. The predicted octanol–water partition coefficient (Wildman–Crippen LogP) is 3.70. The number of hydrogen-bond acceptors (Lipinski definition) is 6. The molecule has 1 saturated carbocycles. The number of anilines is 2. The van der Waals surface area contributed by atoms with Crippen LogP contribution in [-0.2, 0) is 4.74 Å². The molecule has 2 N–H and O–H groups in total. The molecule has 28 heavy (non-hydrogen) atoms. The highest BCUT2D eigenvalue weighted by atomic mass is 16.6. The molecule has 2 aliphatic rings. The number of benzene rings is 1. The van der Waals surface area contributed by atoms with Crippen LogP contribution in [0.4, 0.5) is 16.4 Å². The number of aromatic nitrogens is 2. The second-order valence-corrected chi connectivity index (χ2v) is 8.71. The smallest absolute Gasteiger partial charge is 0.407 e. The van der Waals surface area contributed by atoms with E-state index in [1.54, 1.807) is 0 Å². The summed E-state index contributed by atoms with van der Waals surface area (Å²) in [6.45, 7) is 7.28. The van der Waals surface area contributed by atoms with Crippen LogP contribution in [0.1, 0.15) is 46.5 Å². The average Bonchev–Trinajstić information content (AvgIpc) is 3.44. The Balaban J connectivity index is 1.45. The first-order valence-electron chi connectivity index (χ1n) is 10.2. The molecule has 150 valence electrons. The lowest BCUT2D eigenvalue weighted by Crippen LogP contribution is -2.46. The largest absolute Gasteiger partial charge is 0.444 e. The van der Waals surface area contributed by atoms with Gasteiger partial charge in [0.25, 0.3) is 0 Å². The Morgan fingerprint density at radius 3 is 2.29 bits per heavy atom. The first-order valence-corrected chi connectivity index (χ1v) is 10.2. The Kier molecular flexibility index (Phi) is 5.00. The molecule has 7 nitrogen and oxygen atoms in total. The van der Waals surface area contributed by atoms with Crippen molar-refractivity contribution in [1.82, 2.24) is 15.3 Å². The van der Waals surface area contributed by atoms with E-state index in [1.165, 1.54) is 12.8 Å². The summed E-state index contributed by atoms with van der Waals surface area (Å²) in [6.07, 6.45) is 3.76. The monoisotopic (exact) mass is 383 g/mol. The molecule has 2 heterocycles. The molecule has 0 unspecified atom stereocenters. The van der Waals surface area contributed by atoms with Crippen molar-refractivity contribution in [3.8, 4) is 0 Å². The number of nitrogens with zero attached hydrogens (tertiary/aromatic N) is 3. The Morgan fingerprint density at radius 2 is 1.68 bits per heavy atom. The van der Waals surface area contributed by atoms with E-state index in [-0.39, 0.29) is 12.1 Å². The number of nitrogens with one attached hydrogen (secondary N) is 2. The lowest BCUT2D eigenvalue weighted by molar-refractivity contribution is 0.0497. The van der Waals surface area contributed by atoms with Crippen molar-refractivity contribution >= 4 is 28.8 Å². The number of rotatable bonds is 4. The maximum absolute atomic E-state index is 12.0. The van der Waals surface area contributed by atoms with Crippen molar-refractivity contribution in [2.24, 2.45) is 0 Å². The molecule has 0 bridgehead atoms. The molecule has 1 amide bonds. The van der Waals surface area contributed by atoms with Crippen LogP contribution >= 0.6 is 0 Å². The minimum atomic E-state index is -0.477. The number of alkyl carbamates (subject to hydrolysis) is 1. The van der Waals surface area contributed by atoms with Crippen molar-refractivity contribution in [3.05, 3.63) is 24.3 Å². The molecule has 4 rings (SSSR count). The molecule has 2 fully saturated rings. The number of hydrogen-bond donors (Lipinski definition) is 2. The highest BCUT2D eigenvalue weighted by Crippen LogP contribution is 2.32. The number of piperidine rings is 1. The van der Waals surface area contributed by atoms with Gasteiger partial charge in [-0.2, -0.15) is 0 Å². The van der Waals surface area contributed by atoms with Gasteiger partial charge in [0.05, 0.1) is 11.0 Å². The van der Waals surface area contributed by atoms with E-state index in [2.05, 4.69) is 15.5 Å². The fourth-order valence-electron chi connectivity index (χ4n) is 3.44. The number of para-hydroxylation sites is 2. The molecule has 0 radical (unpaired) electrons. The van der Waals surface area contributed by atoms with Gasteiger partial charge in [-0.25, -0.2) is 14.8 Å². The molecule has 0 atom stereocenters. The standard InChI is InChI=1S/C21H29N5O2/c1-21(2,3)28-20(27)23-15-10-12-26(13-11-15)19-18(22-14-8-9-14)24-16-6-4-5-7-17(16)25-19/h4-7,14-15H,8-13H2,1-3H3,(H,22,24)(H,23,27). The van der Waals surface area contributed by atoms with Gasteiger partial charge >= 0.3 is 6.09 Å². The van der Waals surface area contributed by atoms with Crippen molar-refractivity contribution in [2.75, 3.05) is 23.3 Å².